The quantitative estimate of drug-likeness (QED) is 0.750. The molecule has 0 aliphatic rings. The zero-order chi connectivity index (χ0) is 12.9. The van der Waals surface area contributed by atoms with Gasteiger partial charge in [-0.05, 0) is 27.7 Å². The van der Waals surface area contributed by atoms with E-state index in [2.05, 4.69) is 4.84 Å². The molecule has 96 valence electrons. The molecule has 0 saturated carbocycles. The van der Waals surface area contributed by atoms with Gasteiger partial charge in [-0.3, -0.25) is 0 Å². The molecule has 0 saturated heterocycles. The van der Waals surface area contributed by atoms with Crippen molar-refractivity contribution in [3.8, 4) is 0 Å². The van der Waals surface area contributed by atoms with E-state index >= 15 is 0 Å². The lowest BCUT2D eigenvalue weighted by Crippen LogP contribution is -2.43. The molecule has 16 heavy (non-hydrogen) atoms. The molecule has 1 amide bonds. The number of hydrogen-bond acceptors (Lipinski definition) is 4. The Kier molecular flexibility index (Phi) is 5.75. The summed E-state index contributed by atoms with van der Waals surface area (Å²) in [5.74, 6) is 5.17. The molecule has 2 unspecified atom stereocenters. The predicted octanol–water partition coefficient (Wildman–Crippen LogP) is 1.77. The molecule has 0 aliphatic carbocycles. The fourth-order valence-electron chi connectivity index (χ4n) is 1.17. The zero-order valence-corrected chi connectivity index (χ0v) is 11.1. The minimum Gasteiger partial charge on any atom is -0.444 e. The van der Waals surface area contributed by atoms with E-state index in [1.165, 1.54) is 0 Å². The molecule has 0 aromatic rings. The predicted molar refractivity (Wildman–Crippen MR) is 62.8 cm³/mol. The number of amides is 1. The van der Waals surface area contributed by atoms with Crippen molar-refractivity contribution in [2.75, 3.05) is 13.7 Å². The summed E-state index contributed by atoms with van der Waals surface area (Å²) in [6, 6.07) is 0.0124. The summed E-state index contributed by atoms with van der Waals surface area (Å²) in [7, 11) is 1.71. The van der Waals surface area contributed by atoms with Crippen molar-refractivity contribution < 1.29 is 14.4 Å². The minimum atomic E-state index is -0.474. The van der Waals surface area contributed by atoms with Crippen LogP contribution in [0, 0.1) is 5.92 Å². The third-order valence-electron chi connectivity index (χ3n) is 2.48. The highest BCUT2D eigenvalue weighted by Gasteiger charge is 2.25. The molecular formula is C11H24N2O3. The molecular weight excluding hydrogens is 208 g/mol. The van der Waals surface area contributed by atoms with Crippen molar-refractivity contribution >= 4 is 6.09 Å². The second kappa shape index (κ2) is 6.06. The fourth-order valence-corrected chi connectivity index (χ4v) is 1.17. The number of carbonyl (C=O) groups is 1. The maximum Gasteiger partial charge on any atom is 0.410 e. The summed E-state index contributed by atoms with van der Waals surface area (Å²) in [5, 5.41) is 0. The van der Waals surface area contributed by atoms with E-state index in [1.807, 2.05) is 34.6 Å². The van der Waals surface area contributed by atoms with Gasteiger partial charge in [0.15, 0.2) is 0 Å². The molecule has 0 bridgehead atoms. The first-order chi connectivity index (χ1) is 7.19. The van der Waals surface area contributed by atoms with Crippen LogP contribution in [0.1, 0.15) is 34.6 Å². The first-order valence-electron chi connectivity index (χ1n) is 5.46. The Morgan fingerprint density at radius 3 is 2.25 bits per heavy atom. The van der Waals surface area contributed by atoms with Gasteiger partial charge in [0.2, 0.25) is 0 Å². The maximum atomic E-state index is 11.7. The van der Waals surface area contributed by atoms with E-state index in [0.29, 0.717) is 6.61 Å². The first kappa shape index (κ1) is 15.2. The van der Waals surface area contributed by atoms with Crippen LogP contribution in [0.4, 0.5) is 4.79 Å². The van der Waals surface area contributed by atoms with Crippen molar-refractivity contribution in [3.05, 3.63) is 0 Å². The van der Waals surface area contributed by atoms with E-state index in [4.69, 9.17) is 10.6 Å². The van der Waals surface area contributed by atoms with Gasteiger partial charge < -0.3 is 14.5 Å². The van der Waals surface area contributed by atoms with Crippen LogP contribution in [0.5, 0.6) is 0 Å². The van der Waals surface area contributed by atoms with Crippen molar-refractivity contribution in [1.82, 2.24) is 4.90 Å². The monoisotopic (exact) mass is 232 g/mol. The number of rotatable bonds is 4. The van der Waals surface area contributed by atoms with Crippen molar-refractivity contribution in [1.29, 1.82) is 0 Å². The molecule has 2 N–H and O–H groups in total. The third kappa shape index (κ3) is 5.32. The maximum absolute atomic E-state index is 11.7. The molecule has 5 heteroatoms. The first-order valence-corrected chi connectivity index (χ1v) is 5.46. The van der Waals surface area contributed by atoms with Crippen LogP contribution in [0.25, 0.3) is 0 Å². The third-order valence-corrected chi connectivity index (χ3v) is 2.48. The van der Waals surface area contributed by atoms with E-state index in [1.54, 1.807) is 11.9 Å². The van der Waals surface area contributed by atoms with Gasteiger partial charge in [0.05, 0.1) is 6.61 Å². The van der Waals surface area contributed by atoms with Crippen LogP contribution < -0.4 is 5.90 Å². The summed E-state index contributed by atoms with van der Waals surface area (Å²) in [4.78, 5) is 17.9. The lowest BCUT2D eigenvalue weighted by atomic mass is 10.0. The highest BCUT2D eigenvalue weighted by molar-refractivity contribution is 5.68. The average Bonchev–Trinajstić information content (AvgIpc) is 2.13. The van der Waals surface area contributed by atoms with E-state index in [9.17, 15) is 4.79 Å². The lowest BCUT2D eigenvalue weighted by molar-refractivity contribution is 0.0111. The number of carbonyl (C=O) groups excluding carboxylic acids is 1. The van der Waals surface area contributed by atoms with Gasteiger partial charge in [-0.1, -0.05) is 6.92 Å². The van der Waals surface area contributed by atoms with E-state index in [0.717, 1.165) is 0 Å². The Labute approximate surface area is 97.8 Å². The number of hydrogen-bond donors (Lipinski definition) is 1. The molecule has 0 fully saturated rings. The van der Waals surface area contributed by atoms with Gasteiger partial charge in [-0.2, -0.15) is 0 Å². The molecule has 0 aliphatic heterocycles. The van der Waals surface area contributed by atoms with Crippen molar-refractivity contribution in [3.63, 3.8) is 0 Å². The number of nitrogens with two attached hydrogens (primary N) is 1. The summed E-state index contributed by atoms with van der Waals surface area (Å²) >= 11 is 0. The van der Waals surface area contributed by atoms with Crippen LogP contribution in [0.3, 0.4) is 0 Å². The van der Waals surface area contributed by atoms with Crippen LogP contribution in [0.15, 0.2) is 0 Å². The Balaban J connectivity index is 4.32. The lowest BCUT2D eigenvalue weighted by Gasteiger charge is -2.31. The molecule has 0 radical (unpaired) electrons. The molecule has 0 spiro atoms. The second-order valence-electron chi connectivity index (χ2n) is 5.14. The molecule has 2 atom stereocenters. The summed E-state index contributed by atoms with van der Waals surface area (Å²) in [6.45, 7) is 9.85. The van der Waals surface area contributed by atoms with Crippen LogP contribution in [-0.4, -0.2) is 36.3 Å². The van der Waals surface area contributed by atoms with Gasteiger partial charge >= 0.3 is 6.09 Å². The van der Waals surface area contributed by atoms with Crippen LogP contribution in [0.2, 0.25) is 0 Å². The van der Waals surface area contributed by atoms with E-state index < -0.39 is 5.60 Å². The molecule has 5 nitrogen and oxygen atoms in total. The van der Waals surface area contributed by atoms with E-state index in [-0.39, 0.29) is 18.1 Å². The van der Waals surface area contributed by atoms with Gasteiger partial charge in [0.1, 0.15) is 5.60 Å². The van der Waals surface area contributed by atoms with Crippen LogP contribution >= 0.6 is 0 Å². The molecule has 0 heterocycles. The van der Waals surface area contributed by atoms with Gasteiger partial charge in [0, 0.05) is 19.0 Å². The SMILES string of the molecule is CC(CON)C(C)N(C)C(=O)OC(C)(C)C. The number of ether oxygens (including phenoxy) is 1. The highest BCUT2D eigenvalue weighted by Crippen LogP contribution is 2.14. The Hall–Kier alpha value is -0.810. The molecule has 0 aromatic carbocycles. The molecule has 0 aromatic heterocycles. The smallest absolute Gasteiger partial charge is 0.410 e. The van der Waals surface area contributed by atoms with Gasteiger partial charge in [-0.25, -0.2) is 10.7 Å². The molecule has 0 rings (SSSR count). The van der Waals surface area contributed by atoms with Gasteiger partial charge in [-0.15, -0.1) is 0 Å². The Bertz CT molecular complexity index is 226. The topological polar surface area (TPSA) is 64.8 Å². The fraction of sp³-hybridized carbons (Fsp3) is 0.909. The van der Waals surface area contributed by atoms with Crippen molar-refractivity contribution in [2.45, 2.75) is 46.3 Å². The normalized spacial score (nSPS) is 15.4. The highest BCUT2D eigenvalue weighted by atomic mass is 16.6. The van der Waals surface area contributed by atoms with Gasteiger partial charge in [0.25, 0.3) is 0 Å². The minimum absolute atomic E-state index is 0.0124. The zero-order valence-electron chi connectivity index (χ0n) is 11.1. The largest absolute Gasteiger partial charge is 0.444 e. The standard InChI is InChI=1S/C11H24N2O3/c1-8(7-15-12)9(2)13(6)10(14)16-11(3,4)5/h8-9H,7,12H2,1-6H3. The van der Waals surface area contributed by atoms with Crippen molar-refractivity contribution in [2.24, 2.45) is 11.8 Å². The Morgan fingerprint density at radius 1 is 1.38 bits per heavy atom. The summed E-state index contributed by atoms with van der Waals surface area (Å²) in [5.41, 5.74) is -0.474. The number of nitrogens with zero attached hydrogens (tertiary/aromatic N) is 1. The Morgan fingerprint density at radius 2 is 1.88 bits per heavy atom. The second-order valence-corrected chi connectivity index (χ2v) is 5.14. The summed E-state index contributed by atoms with van der Waals surface area (Å²) in [6.07, 6.45) is -0.330. The van der Waals surface area contributed by atoms with Crippen LogP contribution in [-0.2, 0) is 9.57 Å². The average molecular weight is 232 g/mol. The summed E-state index contributed by atoms with van der Waals surface area (Å²) < 4.78 is 5.26.